The SMILES string of the molecule is COc1ccc(CNCCCn2cccn2)cc1Cl. The van der Waals surface area contributed by atoms with Crippen LogP contribution in [0.1, 0.15) is 12.0 Å². The molecule has 2 rings (SSSR count). The number of halogens is 1. The third-order valence-electron chi connectivity index (χ3n) is 2.85. The Morgan fingerprint density at radius 3 is 3.00 bits per heavy atom. The Hall–Kier alpha value is -1.52. The molecule has 0 atom stereocenters. The van der Waals surface area contributed by atoms with Gasteiger partial charge in [-0.15, -0.1) is 0 Å². The zero-order chi connectivity index (χ0) is 13.5. The van der Waals surface area contributed by atoms with Crippen molar-refractivity contribution >= 4 is 11.6 Å². The number of rotatable bonds is 7. The standard InChI is InChI=1S/C14H18ClN3O/c1-19-14-5-4-12(10-13(14)15)11-16-6-2-8-18-9-3-7-17-18/h3-5,7,9-10,16H,2,6,8,11H2,1H3. The number of aromatic nitrogens is 2. The van der Waals surface area contributed by atoms with Crippen LogP contribution in [0.4, 0.5) is 0 Å². The molecule has 102 valence electrons. The molecule has 0 fully saturated rings. The van der Waals surface area contributed by atoms with E-state index in [9.17, 15) is 0 Å². The summed E-state index contributed by atoms with van der Waals surface area (Å²) in [6.07, 6.45) is 4.82. The van der Waals surface area contributed by atoms with Crippen LogP contribution in [0.2, 0.25) is 5.02 Å². The van der Waals surface area contributed by atoms with Gasteiger partial charge in [-0.05, 0) is 36.7 Å². The molecule has 0 aliphatic heterocycles. The van der Waals surface area contributed by atoms with E-state index in [1.54, 1.807) is 13.3 Å². The second-order valence-corrected chi connectivity index (χ2v) is 4.68. The Kier molecular flexibility index (Phi) is 5.24. The summed E-state index contributed by atoms with van der Waals surface area (Å²) in [5, 5.41) is 8.20. The summed E-state index contributed by atoms with van der Waals surface area (Å²) < 4.78 is 7.06. The van der Waals surface area contributed by atoms with E-state index in [1.807, 2.05) is 35.1 Å². The van der Waals surface area contributed by atoms with Gasteiger partial charge in [0.2, 0.25) is 0 Å². The summed E-state index contributed by atoms with van der Waals surface area (Å²) in [4.78, 5) is 0. The zero-order valence-corrected chi connectivity index (χ0v) is 11.7. The lowest BCUT2D eigenvalue weighted by molar-refractivity contribution is 0.415. The third kappa shape index (κ3) is 4.26. The maximum Gasteiger partial charge on any atom is 0.137 e. The minimum absolute atomic E-state index is 0.651. The van der Waals surface area contributed by atoms with E-state index in [0.717, 1.165) is 31.6 Å². The summed E-state index contributed by atoms with van der Waals surface area (Å²) >= 11 is 6.07. The Labute approximate surface area is 118 Å². The van der Waals surface area contributed by atoms with Gasteiger partial charge in [0.25, 0.3) is 0 Å². The highest BCUT2D eigenvalue weighted by Gasteiger charge is 2.01. The van der Waals surface area contributed by atoms with Crippen molar-refractivity contribution in [2.45, 2.75) is 19.5 Å². The van der Waals surface area contributed by atoms with E-state index in [2.05, 4.69) is 10.4 Å². The Morgan fingerprint density at radius 2 is 2.32 bits per heavy atom. The molecular formula is C14H18ClN3O. The van der Waals surface area contributed by atoms with Gasteiger partial charge in [0.1, 0.15) is 5.75 Å². The maximum absolute atomic E-state index is 6.07. The van der Waals surface area contributed by atoms with Crippen molar-refractivity contribution in [2.24, 2.45) is 0 Å². The fourth-order valence-corrected chi connectivity index (χ4v) is 2.13. The van der Waals surface area contributed by atoms with E-state index in [-0.39, 0.29) is 0 Å². The molecule has 19 heavy (non-hydrogen) atoms. The molecule has 1 N–H and O–H groups in total. The van der Waals surface area contributed by atoms with E-state index < -0.39 is 0 Å². The fourth-order valence-electron chi connectivity index (χ4n) is 1.85. The van der Waals surface area contributed by atoms with Crippen LogP contribution in [0, 0.1) is 0 Å². The normalized spacial score (nSPS) is 10.6. The van der Waals surface area contributed by atoms with Crippen LogP contribution in [-0.2, 0) is 13.1 Å². The fraction of sp³-hybridized carbons (Fsp3) is 0.357. The molecule has 4 nitrogen and oxygen atoms in total. The number of hydrogen-bond acceptors (Lipinski definition) is 3. The molecule has 0 saturated heterocycles. The second-order valence-electron chi connectivity index (χ2n) is 4.27. The first-order chi connectivity index (χ1) is 9.29. The van der Waals surface area contributed by atoms with Gasteiger partial charge in [0.05, 0.1) is 12.1 Å². The van der Waals surface area contributed by atoms with Crippen LogP contribution in [0.5, 0.6) is 5.75 Å². The number of benzene rings is 1. The van der Waals surface area contributed by atoms with Crippen molar-refractivity contribution in [2.75, 3.05) is 13.7 Å². The van der Waals surface area contributed by atoms with Crippen molar-refractivity contribution in [3.8, 4) is 5.75 Å². The zero-order valence-electron chi connectivity index (χ0n) is 11.0. The molecule has 0 radical (unpaired) electrons. The topological polar surface area (TPSA) is 39.1 Å². The van der Waals surface area contributed by atoms with E-state index in [1.165, 1.54) is 0 Å². The van der Waals surface area contributed by atoms with Gasteiger partial charge in [0, 0.05) is 25.5 Å². The Bertz CT molecular complexity index is 499. The van der Waals surface area contributed by atoms with Crippen LogP contribution < -0.4 is 10.1 Å². The molecule has 0 amide bonds. The Morgan fingerprint density at radius 1 is 1.42 bits per heavy atom. The highest BCUT2D eigenvalue weighted by molar-refractivity contribution is 6.32. The molecule has 2 aromatic rings. The quantitative estimate of drug-likeness (QED) is 0.792. The van der Waals surface area contributed by atoms with Crippen LogP contribution in [-0.4, -0.2) is 23.4 Å². The lowest BCUT2D eigenvalue weighted by Gasteiger charge is -2.08. The van der Waals surface area contributed by atoms with Gasteiger partial charge in [-0.25, -0.2) is 0 Å². The van der Waals surface area contributed by atoms with E-state index in [0.29, 0.717) is 10.8 Å². The first kappa shape index (κ1) is 13.9. The van der Waals surface area contributed by atoms with Gasteiger partial charge in [-0.2, -0.15) is 5.10 Å². The highest BCUT2D eigenvalue weighted by atomic mass is 35.5. The summed E-state index contributed by atoms with van der Waals surface area (Å²) in [6, 6.07) is 7.78. The summed E-state index contributed by atoms with van der Waals surface area (Å²) in [6.45, 7) is 2.69. The molecule has 1 aromatic carbocycles. The van der Waals surface area contributed by atoms with Gasteiger partial charge in [0.15, 0.2) is 0 Å². The second kappa shape index (κ2) is 7.16. The van der Waals surface area contributed by atoms with Crippen LogP contribution in [0.3, 0.4) is 0 Å². The van der Waals surface area contributed by atoms with Gasteiger partial charge in [-0.3, -0.25) is 4.68 Å². The predicted molar refractivity (Wildman–Crippen MR) is 76.6 cm³/mol. The number of methoxy groups -OCH3 is 1. The van der Waals surface area contributed by atoms with Crippen molar-refractivity contribution in [1.82, 2.24) is 15.1 Å². The van der Waals surface area contributed by atoms with Crippen molar-refractivity contribution in [3.05, 3.63) is 47.2 Å². The highest BCUT2D eigenvalue weighted by Crippen LogP contribution is 2.24. The maximum atomic E-state index is 6.07. The minimum atomic E-state index is 0.651. The van der Waals surface area contributed by atoms with Gasteiger partial charge < -0.3 is 10.1 Å². The first-order valence-corrected chi connectivity index (χ1v) is 6.68. The molecule has 0 bridgehead atoms. The molecule has 5 heteroatoms. The molecule has 0 aliphatic carbocycles. The lowest BCUT2D eigenvalue weighted by Crippen LogP contribution is -2.16. The van der Waals surface area contributed by atoms with Crippen molar-refractivity contribution < 1.29 is 4.74 Å². The van der Waals surface area contributed by atoms with E-state index >= 15 is 0 Å². The molecule has 1 aromatic heterocycles. The smallest absolute Gasteiger partial charge is 0.137 e. The minimum Gasteiger partial charge on any atom is -0.495 e. The predicted octanol–water partition coefficient (Wildman–Crippen LogP) is 2.73. The number of aryl methyl sites for hydroxylation is 1. The van der Waals surface area contributed by atoms with Gasteiger partial charge in [-0.1, -0.05) is 17.7 Å². The van der Waals surface area contributed by atoms with E-state index in [4.69, 9.17) is 16.3 Å². The number of hydrogen-bond donors (Lipinski definition) is 1. The van der Waals surface area contributed by atoms with Crippen LogP contribution >= 0.6 is 11.6 Å². The van der Waals surface area contributed by atoms with Crippen molar-refractivity contribution in [1.29, 1.82) is 0 Å². The van der Waals surface area contributed by atoms with Gasteiger partial charge >= 0.3 is 0 Å². The lowest BCUT2D eigenvalue weighted by atomic mass is 10.2. The summed E-state index contributed by atoms with van der Waals surface area (Å²) in [7, 11) is 1.62. The molecule has 1 heterocycles. The largest absolute Gasteiger partial charge is 0.495 e. The summed E-state index contributed by atoms with van der Waals surface area (Å²) in [5.74, 6) is 0.712. The summed E-state index contributed by atoms with van der Waals surface area (Å²) in [5.41, 5.74) is 1.16. The molecular weight excluding hydrogens is 262 g/mol. The molecule has 0 spiro atoms. The number of ether oxygens (including phenoxy) is 1. The van der Waals surface area contributed by atoms with Crippen molar-refractivity contribution in [3.63, 3.8) is 0 Å². The Balaban J connectivity index is 1.69. The van der Waals surface area contributed by atoms with Crippen LogP contribution in [0.15, 0.2) is 36.7 Å². The number of nitrogens with zero attached hydrogens (tertiary/aromatic N) is 2. The molecule has 0 aliphatic rings. The third-order valence-corrected chi connectivity index (χ3v) is 3.14. The van der Waals surface area contributed by atoms with Crippen LogP contribution in [0.25, 0.3) is 0 Å². The average Bonchev–Trinajstić information content (AvgIpc) is 2.92. The molecule has 0 saturated carbocycles. The average molecular weight is 280 g/mol. The first-order valence-electron chi connectivity index (χ1n) is 6.30. The molecule has 0 unspecified atom stereocenters. The number of nitrogens with one attached hydrogen (secondary N) is 1. The monoisotopic (exact) mass is 279 g/mol.